The Balaban J connectivity index is 1.69. The number of alkyl carbamates (subject to hydrolysis) is 1. The van der Waals surface area contributed by atoms with Crippen LogP contribution in [-0.2, 0) is 20.7 Å². The number of amides is 1. The lowest BCUT2D eigenvalue weighted by atomic mass is 10.1. The molecule has 3 rings (SSSR count). The standard InChI is InChI=1S/C20H21NO6/c1-13(15-8-9-17-18(11-15)26-12-25-17)27-19(22)16(21-20(23)24-2)10-14-6-4-3-5-7-14/h3-9,11,13,16H,10,12H2,1-2H3,(H,21,23)/t13-,16-/m0/s1. The molecule has 2 atom stereocenters. The molecule has 1 amide bonds. The van der Waals surface area contributed by atoms with Crippen molar-refractivity contribution in [3.63, 3.8) is 0 Å². The minimum atomic E-state index is -0.865. The molecule has 7 heteroatoms. The van der Waals surface area contributed by atoms with E-state index in [1.54, 1.807) is 19.1 Å². The maximum absolute atomic E-state index is 12.7. The Morgan fingerprint density at radius 2 is 1.85 bits per heavy atom. The van der Waals surface area contributed by atoms with Crippen LogP contribution >= 0.6 is 0 Å². The van der Waals surface area contributed by atoms with Crippen molar-refractivity contribution in [3.05, 3.63) is 59.7 Å². The van der Waals surface area contributed by atoms with Gasteiger partial charge < -0.3 is 24.3 Å². The topological polar surface area (TPSA) is 83.1 Å². The van der Waals surface area contributed by atoms with Crippen molar-refractivity contribution in [2.45, 2.75) is 25.5 Å². The Bertz CT molecular complexity index is 807. The summed E-state index contributed by atoms with van der Waals surface area (Å²) in [4.78, 5) is 24.3. The molecule has 0 saturated carbocycles. The minimum absolute atomic E-state index is 0.176. The van der Waals surface area contributed by atoms with Crippen LogP contribution in [0, 0.1) is 0 Å². The van der Waals surface area contributed by atoms with Gasteiger partial charge in [-0.25, -0.2) is 9.59 Å². The Labute approximate surface area is 157 Å². The van der Waals surface area contributed by atoms with E-state index in [9.17, 15) is 9.59 Å². The first kappa shape index (κ1) is 18.6. The maximum Gasteiger partial charge on any atom is 0.407 e. The van der Waals surface area contributed by atoms with E-state index < -0.39 is 24.2 Å². The van der Waals surface area contributed by atoms with Crippen molar-refractivity contribution in [1.82, 2.24) is 5.32 Å². The normalized spacial score (nSPS) is 14.1. The molecule has 0 spiro atoms. The Hall–Kier alpha value is -3.22. The number of fused-ring (bicyclic) bond motifs is 1. The lowest BCUT2D eigenvalue weighted by Crippen LogP contribution is -2.43. The molecule has 0 aromatic heterocycles. The molecule has 0 unspecified atom stereocenters. The van der Waals surface area contributed by atoms with E-state index in [4.69, 9.17) is 14.2 Å². The average molecular weight is 371 g/mol. The van der Waals surface area contributed by atoms with Gasteiger partial charge in [0.15, 0.2) is 11.5 Å². The number of rotatable bonds is 6. The van der Waals surface area contributed by atoms with Gasteiger partial charge in [-0.3, -0.25) is 0 Å². The summed E-state index contributed by atoms with van der Waals surface area (Å²) in [6.45, 7) is 1.93. The molecule has 0 fully saturated rings. The summed E-state index contributed by atoms with van der Waals surface area (Å²) in [6, 6.07) is 13.9. The third-order valence-electron chi connectivity index (χ3n) is 4.20. The summed E-state index contributed by atoms with van der Waals surface area (Å²) >= 11 is 0. The van der Waals surface area contributed by atoms with Crippen LogP contribution in [-0.4, -0.2) is 32.0 Å². The van der Waals surface area contributed by atoms with Crippen molar-refractivity contribution in [2.75, 3.05) is 13.9 Å². The number of carbonyl (C=O) groups is 2. The van der Waals surface area contributed by atoms with Crippen molar-refractivity contribution in [3.8, 4) is 11.5 Å². The predicted octanol–water partition coefficient (Wildman–Crippen LogP) is 2.99. The van der Waals surface area contributed by atoms with Crippen LogP contribution in [0.25, 0.3) is 0 Å². The van der Waals surface area contributed by atoms with E-state index in [0.29, 0.717) is 17.9 Å². The molecule has 0 aliphatic carbocycles. The lowest BCUT2D eigenvalue weighted by Gasteiger charge is -2.20. The van der Waals surface area contributed by atoms with Gasteiger partial charge >= 0.3 is 12.1 Å². The summed E-state index contributed by atoms with van der Waals surface area (Å²) in [7, 11) is 1.25. The zero-order chi connectivity index (χ0) is 19.2. The second-order valence-electron chi connectivity index (χ2n) is 6.07. The van der Waals surface area contributed by atoms with Crippen LogP contribution < -0.4 is 14.8 Å². The van der Waals surface area contributed by atoms with E-state index in [1.165, 1.54) is 7.11 Å². The molecule has 0 radical (unpaired) electrons. The highest BCUT2D eigenvalue weighted by atomic mass is 16.7. The SMILES string of the molecule is COC(=O)N[C@@H](Cc1ccccc1)C(=O)O[C@@H](C)c1ccc2c(c1)OCO2. The van der Waals surface area contributed by atoms with Crippen molar-refractivity contribution in [1.29, 1.82) is 0 Å². The van der Waals surface area contributed by atoms with E-state index in [0.717, 1.165) is 11.1 Å². The van der Waals surface area contributed by atoms with Gasteiger partial charge in [0.25, 0.3) is 0 Å². The molecule has 0 bridgehead atoms. The Morgan fingerprint density at radius 3 is 2.59 bits per heavy atom. The molecular weight excluding hydrogens is 350 g/mol. The Kier molecular flexibility index (Phi) is 5.80. The number of benzene rings is 2. The molecule has 27 heavy (non-hydrogen) atoms. The van der Waals surface area contributed by atoms with Crippen LogP contribution in [0.5, 0.6) is 11.5 Å². The smallest absolute Gasteiger partial charge is 0.407 e. The fourth-order valence-electron chi connectivity index (χ4n) is 2.73. The summed E-state index contributed by atoms with van der Waals surface area (Å²) in [6.07, 6.45) is -0.920. The molecule has 2 aromatic carbocycles. The number of carbonyl (C=O) groups excluding carboxylic acids is 2. The maximum atomic E-state index is 12.7. The number of hydrogen-bond acceptors (Lipinski definition) is 6. The summed E-state index contributed by atoms with van der Waals surface area (Å²) in [5, 5.41) is 2.53. The van der Waals surface area contributed by atoms with Crippen molar-refractivity contribution >= 4 is 12.1 Å². The minimum Gasteiger partial charge on any atom is -0.456 e. The second kappa shape index (κ2) is 8.44. The first-order valence-electron chi connectivity index (χ1n) is 8.55. The zero-order valence-corrected chi connectivity index (χ0v) is 15.1. The molecule has 1 aliphatic heterocycles. The third kappa shape index (κ3) is 4.69. The van der Waals surface area contributed by atoms with Crippen LogP contribution in [0.3, 0.4) is 0 Å². The summed E-state index contributed by atoms with van der Waals surface area (Å²) < 4.78 is 20.8. The lowest BCUT2D eigenvalue weighted by molar-refractivity contribution is -0.151. The molecular formula is C20H21NO6. The zero-order valence-electron chi connectivity index (χ0n) is 15.1. The van der Waals surface area contributed by atoms with Crippen molar-refractivity contribution < 1.29 is 28.5 Å². The Morgan fingerprint density at radius 1 is 1.11 bits per heavy atom. The quantitative estimate of drug-likeness (QED) is 0.786. The number of ether oxygens (including phenoxy) is 4. The predicted molar refractivity (Wildman–Crippen MR) is 96.5 cm³/mol. The highest BCUT2D eigenvalue weighted by molar-refractivity contribution is 5.81. The van der Waals surface area contributed by atoms with Gasteiger partial charge in [0, 0.05) is 6.42 Å². The van der Waals surface area contributed by atoms with Crippen molar-refractivity contribution in [2.24, 2.45) is 0 Å². The van der Waals surface area contributed by atoms with Gasteiger partial charge in [-0.05, 0) is 30.2 Å². The molecule has 1 aliphatic rings. The number of nitrogens with one attached hydrogen (secondary N) is 1. The molecule has 1 heterocycles. The fourth-order valence-corrected chi connectivity index (χ4v) is 2.73. The molecule has 1 N–H and O–H groups in total. The highest BCUT2D eigenvalue weighted by Crippen LogP contribution is 2.34. The number of esters is 1. The van der Waals surface area contributed by atoms with E-state index in [-0.39, 0.29) is 6.79 Å². The van der Waals surface area contributed by atoms with Gasteiger partial charge in [0.2, 0.25) is 6.79 Å². The van der Waals surface area contributed by atoms with Gasteiger partial charge in [-0.15, -0.1) is 0 Å². The fraction of sp³-hybridized carbons (Fsp3) is 0.300. The van der Waals surface area contributed by atoms with Crippen LogP contribution in [0.1, 0.15) is 24.2 Å². The average Bonchev–Trinajstić information content (AvgIpc) is 3.15. The van der Waals surface area contributed by atoms with Crippen LogP contribution in [0.4, 0.5) is 4.79 Å². The second-order valence-corrected chi connectivity index (χ2v) is 6.07. The number of methoxy groups -OCH3 is 1. The van der Waals surface area contributed by atoms with Gasteiger partial charge in [-0.1, -0.05) is 36.4 Å². The summed E-state index contributed by atoms with van der Waals surface area (Å²) in [5.74, 6) is 0.727. The molecule has 2 aromatic rings. The van der Waals surface area contributed by atoms with Crippen LogP contribution in [0.2, 0.25) is 0 Å². The van der Waals surface area contributed by atoms with Gasteiger partial charge in [0.1, 0.15) is 12.1 Å². The van der Waals surface area contributed by atoms with Gasteiger partial charge in [-0.2, -0.15) is 0 Å². The molecule has 7 nitrogen and oxygen atoms in total. The first-order chi connectivity index (χ1) is 13.1. The third-order valence-corrected chi connectivity index (χ3v) is 4.20. The van der Waals surface area contributed by atoms with Crippen LogP contribution in [0.15, 0.2) is 48.5 Å². The first-order valence-corrected chi connectivity index (χ1v) is 8.55. The summed E-state index contributed by atoms with van der Waals surface area (Å²) in [5.41, 5.74) is 1.66. The molecule has 0 saturated heterocycles. The van der Waals surface area contributed by atoms with E-state index >= 15 is 0 Å². The van der Waals surface area contributed by atoms with E-state index in [2.05, 4.69) is 10.1 Å². The number of hydrogen-bond donors (Lipinski definition) is 1. The van der Waals surface area contributed by atoms with E-state index in [1.807, 2.05) is 36.4 Å². The van der Waals surface area contributed by atoms with Gasteiger partial charge in [0.05, 0.1) is 7.11 Å². The monoisotopic (exact) mass is 371 g/mol. The largest absolute Gasteiger partial charge is 0.456 e. The molecule has 142 valence electrons. The highest BCUT2D eigenvalue weighted by Gasteiger charge is 2.26.